The molecule has 0 bridgehead atoms. The molecule has 20 heavy (non-hydrogen) atoms. The van der Waals surface area contributed by atoms with Gasteiger partial charge in [-0.1, -0.05) is 34.1 Å². The fraction of sp³-hybridized carbons (Fsp3) is 0.188. The van der Waals surface area contributed by atoms with Crippen molar-refractivity contribution in [1.29, 1.82) is 0 Å². The Kier molecular flexibility index (Phi) is 3.66. The zero-order valence-electron chi connectivity index (χ0n) is 10.6. The molecule has 0 spiro atoms. The largest absolute Gasteiger partial charge is 0.281 e. The van der Waals surface area contributed by atoms with E-state index in [1.165, 1.54) is 18.2 Å². The molecule has 0 saturated carbocycles. The lowest BCUT2D eigenvalue weighted by Crippen LogP contribution is -2.03. The van der Waals surface area contributed by atoms with Crippen molar-refractivity contribution < 1.29 is 8.78 Å². The highest BCUT2D eigenvalue weighted by atomic mass is 79.9. The Labute approximate surface area is 124 Å². The second-order valence-electron chi connectivity index (χ2n) is 4.78. The monoisotopic (exact) mass is 335 g/mol. The molecule has 102 valence electrons. The van der Waals surface area contributed by atoms with Crippen LogP contribution in [0.3, 0.4) is 0 Å². The minimum absolute atomic E-state index is 0.0166. The summed E-state index contributed by atoms with van der Waals surface area (Å²) < 4.78 is 28.5. The van der Waals surface area contributed by atoms with Gasteiger partial charge in [0.05, 0.1) is 11.6 Å². The summed E-state index contributed by atoms with van der Waals surface area (Å²) >= 11 is 3.39. The lowest BCUT2D eigenvalue weighted by atomic mass is 10.0. The highest BCUT2D eigenvalue weighted by Crippen LogP contribution is 2.32. The van der Waals surface area contributed by atoms with Crippen LogP contribution >= 0.6 is 15.9 Å². The third-order valence-electron chi connectivity index (χ3n) is 3.47. The highest BCUT2D eigenvalue weighted by molar-refractivity contribution is 9.10. The first-order valence-corrected chi connectivity index (χ1v) is 7.21. The van der Waals surface area contributed by atoms with Gasteiger partial charge in [-0.2, -0.15) is 0 Å². The van der Waals surface area contributed by atoms with Crippen LogP contribution in [-0.4, -0.2) is 5.71 Å². The average Bonchev–Trinajstić information content (AvgIpc) is 2.89. The molecule has 0 N–H and O–H groups in total. The molecule has 0 saturated heterocycles. The van der Waals surface area contributed by atoms with E-state index in [1.54, 1.807) is 0 Å². The van der Waals surface area contributed by atoms with Crippen molar-refractivity contribution in [3.05, 3.63) is 69.7 Å². The summed E-state index contributed by atoms with van der Waals surface area (Å²) in [6, 6.07) is 11.8. The molecule has 0 aliphatic carbocycles. The Morgan fingerprint density at radius 1 is 1.00 bits per heavy atom. The summed E-state index contributed by atoms with van der Waals surface area (Å²) in [6.07, 6.45) is 1.38. The zero-order valence-corrected chi connectivity index (χ0v) is 12.2. The van der Waals surface area contributed by atoms with E-state index >= 15 is 0 Å². The van der Waals surface area contributed by atoms with Crippen LogP contribution in [0, 0.1) is 11.6 Å². The number of hydrogen-bond acceptors (Lipinski definition) is 1. The van der Waals surface area contributed by atoms with Crippen LogP contribution in [0.25, 0.3) is 0 Å². The van der Waals surface area contributed by atoms with Gasteiger partial charge in [0, 0.05) is 10.2 Å². The van der Waals surface area contributed by atoms with Crippen molar-refractivity contribution in [3.63, 3.8) is 0 Å². The van der Waals surface area contributed by atoms with Crippen molar-refractivity contribution in [1.82, 2.24) is 0 Å². The standard InChI is InChI=1S/C16H12BrF2N/c17-11-6-4-10(5-7-11)14-8-9-15(20-14)16-12(18)2-1-3-13(16)19/h1-7,14H,8-9H2. The summed E-state index contributed by atoms with van der Waals surface area (Å²) in [5.41, 5.74) is 1.61. The Hall–Kier alpha value is -1.55. The summed E-state index contributed by atoms with van der Waals surface area (Å²) in [4.78, 5) is 4.50. The lowest BCUT2D eigenvalue weighted by Gasteiger charge is -2.06. The van der Waals surface area contributed by atoms with Gasteiger partial charge >= 0.3 is 0 Å². The number of halogens is 3. The maximum absolute atomic E-state index is 13.8. The number of rotatable bonds is 2. The van der Waals surface area contributed by atoms with Crippen LogP contribution in [0.2, 0.25) is 0 Å². The predicted octanol–water partition coefficient (Wildman–Crippen LogP) is 5.05. The van der Waals surface area contributed by atoms with Crippen molar-refractivity contribution in [2.45, 2.75) is 18.9 Å². The van der Waals surface area contributed by atoms with Gasteiger partial charge < -0.3 is 0 Å². The maximum Gasteiger partial charge on any atom is 0.135 e. The van der Waals surface area contributed by atoms with Crippen LogP contribution in [-0.2, 0) is 0 Å². The van der Waals surface area contributed by atoms with E-state index in [4.69, 9.17) is 0 Å². The number of aliphatic imine (C=N–C) groups is 1. The first-order valence-electron chi connectivity index (χ1n) is 6.41. The van der Waals surface area contributed by atoms with Crippen molar-refractivity contribution in [2.24, 2.45) is 4.99 Å². The fourth-order valence-corrected chi connectivity index (χ4v) is 2.74. The predicted molar refractivity (Wildman–Crippen MR) is 79.0 cm³/mol. The second kappa shape index (κ2) is 5.44. The summed E-state index contributed by atoms with van der Waals surface area (Å²) in [7, 11) is 0. The average molecular weight is 336 g/mol. The minimum atomic E-state index is -0.541. The van der Waals surface area contributed by atoms with Crippen molar-refractivity contribution in [2.75, 3.05) is 0 Å². The van der Waals surface area contributed by atoms with E-state index < -0.39 is 11.6 Å². The van der Waals surface area contributed by atoms with Crippen LogP contribution in [0.5, 0.6) is 0 Å². The number of nitrogens with zero attached hydrogens (tertiary/aromatic N) is 1. The molecule has 3 rings (SSSR count). The SMILES string of the molecule is Fc1cccc(F)c1C1=NC(c2ccc(Br)cc2)CC1. The minimum Gasteiger partial charge on any atom is -0.281 e. The van der Waals surface area contributed by atoms with Gasteiger partial charge in [0.2, 0.25) is 0 Å². The Balaban J connectivity index is 1.94. The quantitative estimate of drug-likeness (QED) is 0.728. The molecule has 1 unspecified atom stereocenters. The molecular formula is C16H12BrF2N. The fourth-order valence-electron chi connectivity index (χ4n) is 2.48. The van der Waals surface area contributed by atoms with E-state index in [1.807, 2.05) is 24.3 Å². The van der Waals surface area contributed by atoms with E-state index in [0.717, 1.165) is 16.5 Å². The maximum atomic E-state index is 13.8. The van der Waals surface area contributed by atoms with Crippen LogP contribution < -0.4 is 0 Å². The van der Waals surface area contributed by atoms with Crippen molar-refractivity contribution >= 4 is 21.6 Å². The van der Waals surface area contributed by atoms with Gasteiger partial charge in [-0.25, -0.2) is 8.78 Å². The van der Waals surface area contributed by atoms with Gasteiger partial charge in [0.1, 0.15) is 11.6 Å². The number of hydrogen-bond donors (Lipinski definition) is 0. The van der Waals surface area contributed by atoms with Crippen LogP contribution in [0.15, 0.2) is 51.9 Å². The normalized spacial score (nSPS) is 18.1. The van der Waals surface area contributed by atoms with Crippen LogP contribution in [0.4, 0.5) is 8.78 Å². The third kappa shape index (κ3) is 2.52. The molecule has 0 amide bonds. The first kappa shape index (κ1) is 13.4. The molecule has 1 heterocycles. The van der Waals surface area contributed by atoms with Gasteiger partial charge in [-0.05, 0) is 42.7 Å². The molecule has 0 aromatic heterocycles. The molecule has 1 nitrogen and oxygen atoms in total. The first-order chi connectivity index (χ1) is 9.65. The lowest BCUT2D eigenvalue weighted by molar-refractivity contribution is 0.578. The third-order valence-corrected chi connectivity index (χ3v) is 4.00. The van der Waals surface area contributed by atoms with Gasteiger partial charge in [-0.3, -0.25) is 4.99 Å². The Morgan fingerprint density at radius 2 is 1.65 bits per heavy atom. The summed E-state index contributed by atoms with van der Waals surface area (Å²) in [5.74, 6) is -1.08. The van der Waals surface area contributed by atoms with Crippen LogP contribution in [0.1, 0.15) is 30.0 Å². The molecular weight excluding hydrogens is 324 g/mol. The molecule has 1 aliphatic rings. The molecule has 2 aromatic carbocycles. The van der Waals surface area contributed by atoms with E-state index in [0.29, 0.717) is 12.1 Å². The van der Waals surface area contributed by atoms with E-state index in [-0.39, 0.29) is 11.6 Å². The van der Waals surface area contributed by atoms with Gasteiger partial charge in [0.25, 0.3) is 0 Å². The van der Waals surface area contributed by atoms with E-state index in [9.17, 15) is 8.78 Å². The summed E-state index contributed by atoms with van der Waals surface area (Å²) in [6.45, 7) is 0. The Bertz CT molecular complexity index is 644. The number of benzene rings is 2. The Morgan fingerprint density at radius 3 is 2.30 bits per heavy atom. The van der Waals surface area contributed by atoms with Crippen molar-refractivity contribution in [3.8, 4) is 0 Å². The smallest absolute Gasteiger partial charge is 0.135 e. The highest BCUT2D eigenvalue weighted by Gasteiger charge is 2.24. The molecule has 1 aliphatic heterocycles. The zero-order chi connectivity index (χ0) is 14.1. The second-order valence-corrected chi connectivity index (χ2v) is 5.69. The molecule has 1 atom stereocenters. The summed E-state index contributed by atoms with van der Waals surface area (Å²) in [5, 5.41) is 0. The molecule has 4 heteroatoms. The van der Waals surface area contributed by atoms with Gasteiger partial charge in [-0.15, -0.1) is 0 Å². The molecule has 0 fully saturated rings. The molecule has 0 radical (unpaired) electrons. The topological polar surface area (TPSA) is 12.4 Å². The molecule has 2 aromatic rings. The van der Waals surface area contributed by atoms with Gasteiger partial charge in [0.15, 0.2) is 0 Å². The van der Waals surface area contributed by atoms with E-state index in [2.05, 4.69) is 20.9 Å².